The van der Waals surface area contributed by atoms with Crippen molar-refractivity contribution in [2.24, 2.45) is 0 Å². The van der Waals surface area contributed by atoms with Crippen LogP contribution in [0.1, 0.15) is 50.2 Å². The molecule has 3 rings (SSSR count). The maximum Gasteiger partial charge on any atom is 0.271 e. The monoisotopic (exact) mass is 474 g/mol. The molecule has 1 aliphatic rings. The van der Waals surface area contributed by atoms with Crippen LogP contribution in [-0.4, -0.2) is 18.7 Å². The van der Waals surface area contributed by atoms with Crippen LogP contribution < -0.4 is 15.4 Å². The number of anilines is 1. The van der Waals surface area contributed by atoms with E-state index in [4.69, 9.17) is 27.9 Å². The standard InChI is InChI=1S/C25H28Cl2N2O3/c1-5-7-22(30)25(10-6-11-25)19-14-18(9-8-15(19)2)32-23-20(26)12-17(13-21(23)27)29-24(31)16(3)28-4/h8-9,12-14,28H,3,5-7,10-11H2,1-2,4H3,(H,29,31). The number of hydrogen-bond acceptors (Lipinski definition) is 4. The Hall–Kier alpha value is -2.50. The van der Waals surface area contributed by atoms with Gasteiger partial charge in [-0.25, -0.2) is 0 Å². The van der Waals surface area contributed by atoms with E-state index in [9.17, 15) is 9.59 Å². The molecule has 0 atom stereocenters. The molecule has 2 N–H and O–H groups in total. The van der Waals surface area contributed by atoms with Crippen LogP contribution in [0.5, 0.6) is 11.5 Å². The highest BCUT2D eigenvalue weighted by atomic mass is 35.5. The van der Waals surface area contributed by atoms with E-state index in [0.29, 0.717) is 23.6 Å². The summed E-state index contributed by atoms with van der Waals surface area (Å²) >= 11 is 12.8. The lowest BCUT2D eigenvalue weighted by molar-refractivity contribution is -0.127. The first-order chi connectivity index (χ1) is 15.2. The molecular formula is C25H28Cl2N2O3. The van der Waals surface area contributed by atoms with E-state index in [2.05, 4.69) is 17.2 Å². The van der Waals surface area contributed by atoms with E-state index in [0.717, 1.165) is 36.8 Å². The molecule has 0 heterocycles. The third-order valence-electron chi connectivity index (χ3n) is 5.99. The van der Waals surface area contributed by atoms with Crippen LogP contribution in [0, 0.1) is 6.92 Å². The fourth-order valence-electron chi connectivity index (χ4n) is 4.04. The van der Waals surface area contributed by atoms with E-state index in [1.807, 2.05) is 32.0 Å². The maximum absolute atomic E-state index is 12.9. The summed E-state index contributed by atoms with van der Waals surface area (Å²) in [6.45, 7) is 7.67. The SMILES string of the molecule is C=C(NC)C(=O)Nc1cc(Cl)c(Oc2ccc(C)c(C3(C(=O)CCC)CCC3)c2)c(Cl)c1. The number of halogens is 2. The Balaban J connectivity index is 1.88. The Bertz CT molecular complexity index is 1040. The van der Waals surface area contributed by atoms with Gasteiger partial charge in [-0.05, 0) is 61.6 Å². The van der Waals surface area contributed by atoms with Crippen LogP contribution in [0.15, 0.2) is 42.6 Å². The number of nitrogens with one attached hydrogen (secondary N) is 2. The van der Waals surface area contributed by atoms with Crippen molar-refractivity contribution in [3.05, 3.63) is 63.8 Å². The molecule has 0 spiro atoms. The first kappa shape index (κ1) is 24.1. The van der Waals surface area contributed by atoms with Crippen LogP contribution in [-0.2, 0) is 15.0 Å². The molecule has 0 saturated heterocycles. The predicted molar refractivity (Wildman–Crippen MR) is 130 cm³/mol. The van der Waals surface area contributed by atoms with Gasteiger partial charge in [-0.15, -0.1) is 0 Å². The quantitative estimate of drug-likeness (QED) is 0.403. The maximum atomic E-state index is 12.9. The molecule has 7 heteroatoms. The molecule has 2 aromatic carbocycles. The Kier molecular flexibility index (Phi) is 7.52. The molecule has 0 unspecified atom stereocenters. The zero-order valence-electron chi connectivity index (χ0n) is 18.6. The summed E-state index contributed by atoms with van der Waals surface area (Å²) in [4.78, 5) is 25.0. The second kappa shape index (κ2) is 9.97. The van der Waals surface area contributed by atoms with Crippen molar-refractivity contribution in [1.29, 1.82) is 0 Å². The number of aryl methyl sites for hydroxylation is 1. The minimum atomic E-state index is -0.420. The van der Waals surface area contributed by atoms with E-state index in [1.54, 1.807) is 19.2 Å². The van der Waals surface area contributed by atoms with Crippen molar-refractivity contribution >= 4 is 40.6 Å². The summed E-state index contributed by atoms with van der Waals surface area (Å²) in [5.41, 5.74) is 2.31. The fraction of sp³-hybridized carbons (Fsp3) is 0.360. The molecule has 1 aliphatic carbocycles. The van der Waals surface area contributed by atoms with Crippen molar-refractivity contribution in [3.8, 4) is 11.5 Å². The molecule has 0 aromatic heterocycles. The molecule has 32 heavy (non-hydrogen) atoms. The number of ether oxygens (including phenoxy) is 1. The molecule has 1 fully saturated rings. The zero-order chi connectivity index (χ0) is 23.5. The van der Waals surface area contributed by atoms with Gasteiger partial charge in [-0.1, -0.05) is 49.2 Å². The molecule has 170 valence electrons. The van der Waals surface area contributed by atoms with Gasteiger partial charge in [0.1, 0.15) is 11.5 Å². The third-order valence-corrected chi connectivity index (χ3v) is 6.56. The normalized spacial score (nSPS) is 14.3. The molecule has 2 aromatic rings. The van der Waals surface area contributed by atoms with Gasteiger partial charge >= 0.3 is 0 Å². The topological polar surface area (TPSA) is 67.4 Å². The Morgan fingerprint density at radius 1 is 1.16 bits per heavy atom. The molecular weight excluding hydrogens is 447 g/mol. The van der Waals surface area contributed by atoms with Crippen LogP contribution in [0.25, 0.3) is 0 Å². The molecule has 0 aliphatic heterocycles. The third kappa shape index (κ3) is 4.79. The number of hydrogen-bond donors (Lipinski definition) is 2. The van der Waals surface area contributed by atoms with Gasteiger partial charge in [0.2, 0.25) is 0 Å². The number of Topliss-reactive ketones (excluding diaryl/α,β-unsaturated/α-hetero) is 1. The summed E-state index contributed by atoms with van der Waals surface area (Å²) in [5, 5.41) is 5.87. The number of ketones is 1. The smallest absolute Gasteiger partial charge is 0.271 e. The Labute approximate surface area is 199 Å². The van der Waals surface area contributed by atoms with Gasteiger partial charge < -0.3 is 15.4 Å². The minimum absolute atomic E-state index is 0.215. The van der Waals surface area contributed by atoms with Crippen LogP contribution in [0.4, 0.5) is 5.69 Å². The highest BCUT2D eigenvalue weighted by molar-refractivity contribution is 6.37. The summed E-state index contributed by atoms with van der Waals surface area (Å²) in [6.07, 6.45) is 4.19. The number of amides is 1. The first-order valence-electron chi connectivity index (χ1n) is 10.7. The highest BCUT2D eigenvalue weighted by Crippen LogP contribution is 2.48. The van der Waals surface area contributed by atoms with Crippen LogP contribution >= 0.6 is 23.2 Å². The Morgan fingerprint density at radius 3 is 2.34 bits per heavy atom. The minimum Gasteiger partial charge on any atom is -0.454 e. The number of carbonyl (C=O) groups excluding carboxylic acids is 2. The van der Waals surface area contributed by atoms with Gasteiger partial charge in [-0.3, -0.25) is 9.59 Å². The molecule has 1 saturated carbocycles. The lowest BCUT2D eigenvalue weighted by atomic mass is 9.60. The zero-order valence-corrected chi connectivity index (χ0v) is 20.1. The van der Waals surface area contributed by atoms with E-state index >= 15 is 0 Å². The summed E-state index contributed by atoms with van der Waals surface area (Å²) < 4.78 is 6.05. The number of rotatable bonds is 9. The summed E-state index contributed by atoms with van der Waals surface area (Å²) in [7, 11) is 1.61. The first-order valence-corrected chi connectivity index (χ1v) is 11.5. The fourth-order valence-corrected chi connectivity index (χ4v) is 4.61. The van der Waals surface area contributed by atoms with Gasteiger partial charge in [0, 0.05) is 19.2 Å². The predicted octanol–water partition coefficient (Wildman–Crippen LogP) is 6.56. The average molecular weight is 475 g/mol. The van der Waals surface area contributed by atoms with Crippen molar-refractivity contribution in [2.45, 2.75) is 51.4 Å². The molecule has 0 bridgehead atoms. The van der Waals surface area contributed by atoms with Gasteiger partial charge in [-0.2, -0.15) is 0 Å². The lowest BCUT2D eigenvalue weighted by Crippen LogP contribution is -2.42. The Morgan fingerprint density at radius 2 is 1.81 bits per heavy atom. The van der Waals surface area contributed by atoms with Crippen molar-refractivity contribution in [3.63, 3.8) is 0 Å². The number of benzene rings is 2. The number of carbonyl (C=O) groups is 2. The van der Waals surface area contributed by atoms with Crippen LogP contribution in [0.3, 0.4) is 0 Å². The summed E-state index contributed by atoms with van der Waals surface area (Å²) in [6, 6.07) is 8.87. The van der Waals surface area contributed by atoms with Gasteiger partial charge in [0.25, 0.3) is 5.91 Å². The average Bonchev–Trinajstić information content (AvgIpc) is 2.71. The largest absolute Gasteiger partial charge is 0.454 e. The molecule has 5 nitrogen and oxygen atoms in total. The summed E-state index contributed by atoms with van der Waals surface area (Å²) in [5.74, 6) is 0.756. The van der Waals surface area contributed by atoms with Gasteiger partial charge in [0.05, 0.1) is 21.2 Å². The molecule has 0 radical (unpaired) electrons. The second-order valence-corrected chi connectivity index (χ2v) is 8.95. The van der Waals surface area contributed by atoms with E-state index in [-0.39, 0.29) is 27.4 Å². The lowest BCUT2D eigenvalue weighted by Gasteiger charge is -2.42. The van der Waals surface area contributed by atoms with E-state index < -0.39 is 5.41 Å². The second-order valence-electron chi connectivity index (χ2n) is 8.14. The van der Waals surface area contributed by atoms with Crippen molar-refractivity contribution in [1.82, 2.24) is 5.32 Å². The van der Waals surface area contributed by atoms with Crippen molar-refractivity contribution in [2.75, 3.05) is 12.4 Å². The number of likely N-dealkylation sites (N-methyl/N-ethyl adjacent to an activating group) is 1. The highest BCUT2D eigenvalue weighted by Gasteiger charge is 2.45. The molecule has 1 amide bonds. The van der Waals surface area contributed by atoms with E-state index in [1.165, 1.54) is 0 Å². The van der Waals surface area contributed by atoms with Crippen LogP contribution in [0.2, 0.25) is 10.0 Å². The van der Waals surface area contributed by atoms with Crippen molar-refractivity contribution < 1.29 is 14.3 Å². The van der Waals surface area contributed by atoms with Gasteiger partial charge in [0.15, 0.2) is 5.75 Å².